The van der Waals surface area contributed by atoms with Crippen molar-refractivity contribution in [2.75, 3.05) is 5.32 Å². The molecule has 2 rings (SSSR count). The average molecular weight is 268 g/mol. The van der Waals surface area contributed by atoms with Gasteiger partial charge in [0, 0.05) is 11.7 Å². The molecule has 1 aromatic carbocycles. The van der Waals surface area contributed by atoms with Crippen LogP contribution < -0.4 is 10.5 Å². The van der Waals surface area contributed by atoms with Gasteiger partial charge in [-0.1, -0.05) is 13.8 Å². The van der Waals surface area contributed by atoms with Crippen LogP contribution in [0.2, 0.25) is 0 Å². The van der Waals surface area contributed by atoms with Crippen LogP contribution >= 0.6 is 0 Å². The predicted octanol–water partition coefficient (Wildman–Crippen LogP) is 2.18. The van der Waals surface area contributed by atoms with Crippen LogP contribution in [0.5, 0.6) is 0 Å². The van der Waals surface area contributed by atoms with Crippen molar-refractivity contribution in [3.05, 3.63) is 24.3 Å². The van der Waals surface area contributed by atoms with Crippen LogP contribution in [0.25, 0.3) is 0 Å². The Labute approximate surface area is 109 Å². The highest BCUT2D eigenvalue weighted by Gasteiger charge is 2.29. The number of benzene rings is 1. The minimum atomic E-state index is -3.59. The molecule has 4 nitrogen and oxygen atoms in total. The lowest BCUT2D eigenvalue weighted by molar-refractivity contribution is 0.435. The largest absolute Gasteiger partial charge is 0.382 e. The van der Waals surface area contributed by atoms with Gasteiger partial charge < -0.3 is 5.32 Å². The smallest absolute Gasteiger partial charge is 0.238 e. The third-order valence-corrected chi connectivity index (χ3v) is 4.93. The van der Waals surface area contributed by atoms with E-state index in [2.05, 4.69) is 19.2 Å². The van der Waals surface area contributed by atoms with Crippen molar-refractivity contribution < 1.29 is 8.42 Å². The molecule has 1 saturated carbocycles. The van der Waals surface area contributed by atoms with Crippen LogP contribution in [0.4, 0.5) is 5.69 Å². The number of hydrogen-bond donors (Lipinski definition) is 2. The summed E-state index contributed by atoms with van der Waals surface area (Å²) < 4.78 is 22.3. The summed E-state index contributed by atoms with van der Waals surface area (Å²) >= 11 is 0. The molecule has 0 amide bonds. The number of hydrogen-bond acceptors (Lipinski definition) is 3. The van der Waals surface area contributed by atoms with Crippen molar-refractivity contribution in [3.63, 3.8) is 0 Å². The van der Waals surface area contributed by atoms with Gasteiger partial charge in [0.25, 0.3) is 0 Å². The third kappa shape index (κ3) is 2.84. The van der Waals surface area contributed by atoms with Crippen molar-refractivity contribution in [2.24, 2.45) is 17.0 Å². The van der Waals surface area contributed by atoms with Gasteiger partial charge in [-0.25, -0.2) is 13.6 Å². The highest BCUT2D eigenvalue weighted by molar-refractivity contribution is 7.89. The molecule has 1 fully saturated rings. The fourth-order valence-corrected chi connectivity index (χ4v) is 3.04. The molecule has 0 radical (unpaired) electrons. The minimum absolute atomic E-state index is 0.154. The molecule has 0 aliphatic heterocycles. The van der Waals surface area contributed by atoms with Gasteiger partial charge in [-0.15, -0.1) is 0 Å². The summed E-state index contributed by atoms with van der Waals surface area (Å²) in [7, 11) is -3.59. The van der Waals surface area contributed by atoms with Gasteiger partial charge in [0.1, 0.15) is 0 Å². The molecule has 3 N–H and O–H groups in total. The Balaban J connectivity index is 2.07. The van der Waals surface area contributed by atoms with Crippen LogP contribution in [0.1, 0.15) is 26.7 Å². The molecule has 5 heteroatoms. The third-order valence-electron chi connectivity index (χ3n) is 4.00. The molecule has 3 unspecified atom stereocenters. The average Bonchev–Trinajstić information content (AvgIpc) is 2.61. The molecule has 0 aromatic heterocycles. The first kappa shape index (κ1) is 13.4. The highest BCUT2D eigenvalue weighted by Crippen LogP contribution is 2.33. The normalized spacial score (nSPS) is 28.3. The van der Waals surface area contributed by atoms with E-state index < -0.39 is 10.0 Å². The van der Waals surface area contributed by atoms with E-state index in [4.69, 9.17) is 5.14 Å². The molecule has 3 atom stereocenters. The second kappa shape index (κ2) is 4.90. The summed E-state index contributed by atoms with van der Waals surface area (Å²) in [6, 6.07) is 7.10. The second-order valence-corrected chi connectivity index (χ2v) is 6.80. The Morgan fingerprint density at radius 1 is 1.17 bits per heavy atom. The van der Waals surface area contributed by atoms with Gasteiger partial charge >= 0.3 is 0 Å². The maximum atomic E-state index is 11.1. The Hall–Kier alpha value is -1.07. The Morgan fingerprint density at radius 3 is 2.22 bits per heavy atom. The first-order chi connectivity index (χ1) is 8.38. The zero-order valence-corrected chi connectivity index (χ0v) is 11.6. The summed E-state index contributed by atoms with van der Waals surface area (Å²) in [6.07, 6.45) is 2.41. The van der Waals surface area contributed by atoms with E-state index in [0.29, 0.717) is 12.0 Å². The van der Waals surface area contributed by atoms with Crippen molar-refractivity contribution in [2.45, 2.75) is 37.6 Å². The van der Waals surface area contributed by atoms with E-state index in [1.54, 1.807) is 24.3 Å². The molecule has 0 spiro atoms. The van der Waals surface area contributed by atoms with Gasteiger partial charge in [0.05, 0.1) is 4.90 Å². The lowest BCUT2D eigenvalue weighted by atomic mass is 9.98. The maximum Gasteiger partial charge on any atom is 0.238 e. The molecule has 1 aromatic rings. The Bertz CT molecular complexity index is 510. The molecule has 100 valence electrons. The van der Waals surface area contributed by atoms with E-state index in [-0.39, 0.29) is 4.90 Å². The zero-order chi connectivity index (χ0) is 13.3. The number of nitrogens with two attached hydrogens (primary N) is 1. The van der Waals surface area contributed by atoms with Crippen LogP contribution in [0.15, 0.2) is 29.2 Å². The van der Waals surface area contributed by atoms with E-state index in [9.17, 15) is 8.42 Å². The summed E-state index contributed by atoms with van der Waals surface area (Å²) in [5, 5.41) is 8.53. The Kier molecular flexibility index (Phi) is 3.64. The molecular formula is C13H20N2O2S. The fourth-order valence-electron chi connectivity index (χ4n) is 2.52. The second-order valence-electron chi connectivity index (χ2n) is 5.23. The monoisotopic (exact) mass is 268 g/mol. The zero-order valence-electron chi connectivity index (χ0n) is 10.8. The van der Waals surface area contributed by atoms with Crippen LogP contribution in [-0.4, -0.2) is 14.5 Å². The van der Waals surface area contributed by atoms with Crippen LogP contribution in [0.3, 0.4) is 0 Å². The Morgan fingerprint density at radius 2 is 1.78 bits per heavy atom. The molecular weight excluding hydrogens is 248 g/mol. The van der Waals surface area contributed by atoms with E-state index in [1.807, 2.05) is 0 Å². The summed E-state index contributed by atoms with van der Waals surface area (Å²) in [5.74, 6) is 1.38. The van der Waals surface area contributed by atoms with Gasteiger partial charge in [-0.05, 0) is 48.9 Å². The topological polar surface area (TPSA) is 72.2 Å². The standard InChI is InChI=1S/C13H20N2O2S/c1-9-3-8-13(10(9)2)15-11-4-6-12(7-5-11)18(14,16)17/h4-7,9-10,13,15H,3,8H2,1-2H3,(H2,14,16,17). The number of rotatable bonds is 3. The van der Waals surface area contributed by atoms with E-state index >= 15 is 0 Å². The quantitative estimate of drug-likeness (QED) is 0.882. The first-order valence-corrected chi connectivity index (χ1v) is 7.82. The van der Waals surface area contributed by atoms with Gasteiger partial charge in [-0.2, -0.15) is 0 Å². The lowest BCUT2D eigenvalue weighted by Gasteiger charge is -2.20. The summed E-state index contributed by atoms with van der Waals surface area (Å²) in [5.41, 5.74) is 0.952. The molecule has 1 aliphatic rings. The minimum Gasteiger partial charge on any atom is -0.382 e. The first-order valence-electron chi connectivity index (χ1n) is 6.27. The fraction of sp³-hybridized carbons (Fsp3) is 0.538. The number of sulfonamides is 1. The van der Waals surface area contributed by atoms with Crippen molar-refractivity contribution >= 4 is 15.7 Å². The molecule has 18 heavy (non-hydrogen) atoms. The molecule has 0 bridgehead atoms. The SMILES string of the molecule is CC1CCC(Nc2ccc(S(N)(=O)=O)cc2)C1C. The number of anilines is 1. The van der Waals surface area contributed by atoms with Gasteiger partial charge in [-0.3, -0.25) is 0 Å². The van der Waals surface area contributed by atoms with E-state index in [0.717, 1.165) is 11.6 Å². The lowest BCUT2D eigenvalue weighted by Crippen LogP contribution is -2.24. The molecule has 1 aliphatic carbocycles. The molecule has 0 saturated heterocycles. The van der Waals surface area contributed by atoms with Crippen molar-refractivity contribution in [3.8, 4) is 0 Å². The van der Waals surface area contributed by atoms with Gasteiger partial charge in [0.2, 0.25) is 10.0 Å². The predicted molar refractivity (Wildman–Crippen MR) is 72.8 cm³/mol. The van der Waals surface area contributed by atoms with Crippen molar-refractivity contribution in [1.82, 2.24) is 0 Å². The number of nitrogens with one attached hydrogen (secondary N) is 1. The summed E-state index contributed by atoms with van der Waals surface area (Å²) in [4.78, 5) is 0.154. The highest BCUT2D eigenvalue weighted by atomic mass is 32.2. The van der Waals surface area contributed by atoms with Gasteiger partial charge in [0.15, 0.2) is 0 Å². The van der Waals surface area contributed by atoms with E-state index in [1.165, 1.54) is 12.8 Å². The summed E-state index contributed by atoms with van der Waals surface area (Å²) in [6.45, 7) is 4.53. The van der Waals surface area contributed by atoms with Crippen molar-refractivity contribution in [1.29, 1.82) is 0 Å². The maximum absolute atomic E-state index is 11.1. The van der Waals surface area contributed by atoms with Crippen LogP contribution in [0, 0.1) is 11.8 Å². The van der Waals surface area contributed by atoms with Crippen LogP contribution in [-0.2, 0) is 10.0 Å². The number of primary sulfonamides is 1. The molecule has 0 heterocycles.